The third-order valence-corrected chi connectivity index (χ3v) is 4.90. The molecule has 8 heteroatoms. The molecule has 0 spiro atoms. The second-order valence-electron chi connectivity index (χ2n) is 6.43. The summed E-state index contributed by atoms with van der Waals surface area (Å²) in [5, 5.41) is 6.16. The number of halogens is 1. The monoisotopic (exact) mass is 404 g/mol. The molecule has 1 aromatic heterocycles. The van der Waals surface area contributed by atoms with Gasteiger partial charge < -0.3 is 10.6 Å². The largest absolute Gasteiger partial charge is 0.354 e. The second-order valence-corrected chi connectivity index (χ2v) is 7.20. The summed E-state index contributed by atoms with van der Waals surface area (Å²) in [6.45, 7) is 6.05. The third-order valence-electron chi connectivity index (χ3n) is 4.35. The molecule has 0 aliphatic carbocycles. The van der Waals surface area contributed by atoms with Crippen molar-refractivity contribution in [3.63, 3.8) is 0 Å². The van der Waals surface area contributed by atoms with Crippen molar-refractivity contribution in [3.8, 4) is 0 Å². The molecule has 2 amide bonds. The van der Waals surface area contributed by atoms with E-state index in [1.807, 2.05) is 20.1 Å². The first-order valence-electron chi connectivity index (χ1n) is 9.01. The topological polar surface area (TPSA) is 84.0 Å². The molecule has 0 fully saturated rings. The predicted octanol–water partition coefficient (Wildman–Crippen LogP) is 2.74. The summed E-state index contributed by atoms with van der Waals surface area (Å²) in [6.07, 6.45) is 2.81. The number of hydrogen-bond acceptors (Lipinski definition) is 5. The Morgan fingerprint density at radius 3 is 2.32 bits per heavy atom. The van der Waals surface area contributed by atoms with E-state index in [-0.39, 0.29) is 23.9 Å². The lowest BCUT2D eigenvalue weighted by atomic mass is 10.1. The van der Waals surface area contributed by atoms with Crippen LogP contribution in [0.2, 0.25) is 0 Å². The molecule has 2 rings (SSSR count). The van der Waals surface area contributed by atoms with Crippen molar-refractivity contribution in [2.75, 3.05) is 19.3 Å². The highest BCUT2D eigenvalue weighted by molar-refractivity contribution is 7.98. The van der Waals surface area contributed by atoms with Crippen LogP contribution in [0.15, 0.2) is 23.4 Å². The van der Waals surface area contributed by atoms with E-state index in [1.54, 1.807) is 19.1 Å². The van der Waals surface area contributed by atoms with E-state index in [9.17, 15) is 14.0 Å². The van der Waals surface area contributed by atoms with Crippen molar-refractivity contribution in [2.45, 2.75) is 38.8 Å². The van der Waals surface area contributed by atoms with Gasteiger partial charge in [-0.2, -0.15) is 0 Å². The first-order chi connectivity index (χ1) is 13.3. The van der Waals surface area contributed by atoms with Gasteiger partial charge in [-0.3, -0.25) is 9.59 Å². The van der Waals surface area contributed by atoms with Crippen molar-refractivity contribution in [1.29, 1.82) is 0 Å². The minimum absolute atomic E-state index is 0.108. The van der Waals surface area contributed by atoms with E-state index in [0.717, 1.165) is 22.1 Å². The van der Waals surface area contributed by atoms with Gasteiger partial charge in [0.2, 0.25) is 5.91 Å². The molecule has 150 valence electrons. The lowest BCUT2D eigenvalue weighted by Crippen LogP contribution is -2.34. The molecule has 2 aromatic rings. The molecule has 28 heavy (non-hydrogen) atoms. The van der Waals surface area contributed by atoms with Gasteiger partial charge in [0.15, 0.2) is 5.16 Å². The van der Waals surface area contributed by atoms with Crippen molar-refractivity contribution in [1.82, 2.24) is 20.6 Å². The molecule has 0 bridgehead atoms. The van der Waals surface area contributed by atoms with E-state index < -0.39 is 5.82 Å². The molecule has 0 radical (unpaired) electrons. The average Bonchev–Trinajstić information content (AvgIpc) is 2.66. The number of carbonyl (C=O) groups excluding carboxylic acids is 2. The van der Waals surface area contributed by atoms with Gasteiger partial charge in [0.1, 0.15) is 5.82 Å². The van der Waals surface area contributed by atoms with E-state index in [2.05, 4.69) is 20.6 Å². The molecule has 0 aliphatic heterocycles. The Labute approximate surface area is 168 Å². The number of nitrogens with one attached hydrogen (secondary N) is 2. The number of aromatic nitrogens is 2. The molecule has 0 unspecified atom stereocenters. The maximum absolute atomic E-state index is 13.5. The zero-order chi connectivity index (χ0) is 20.7. The van der Waals surface area contributed by atoms with Gasteiger partial charge in [-0.15, -0.1) is 0 Å². The number of aryl methyl sites for hydroxylation is 3. The Balaban J connectivity index is 1.74. The van der Waals surface area contributed by atoms with Gasteiger partial charge in [0.05, 0.1) is 0 Å². The summed E-state index contributed by atoms with van der Waals surface area (Å²) in [5.74, 6) is -0.894. The Morgan fingerprint density at radius 2 is 1.71 bits per heavy atom. The van der Waals surface area contributed by atoms with Gasteiger partial charge >= 0.3 is 0 Å². The van der Waals surface area contributed by atoms with Crippen LogP contribution in [0.1, 0.15) is 39.3 Å². The van der Waals surface area contributed by atoms with Crippen LogP contribution in [0, 0.1) is 26.6 Å². The van der Waals surface area contributed by atoms with Gasteiger partial charge in [0.25, 0.3) is 5.91 Å². The number of thioether (sulfide) groups is 1. The Bertz CT molecular complexity index is 850. The zero-order valence-corrected chi connectivity index (χ0v) is 17.4. The van der Waals surface area contributed by atoms with Gasteiger partial charge in [-0.25, -0.2) is 14.4 Å². The summed E-state index contributed by atoms with van der Waals surface area (Å²) in [6, 6.07) is 4.34. The van der Waals surface area contributed by atoms with Gasteiger partial charge in [-0.1, -0.05) is 17.8 Å². The van der Waals surface area contributed by atoms with Crippen LogP contribution in [0.3, 0.4) is 0 Å². The molecule has 6 nitrogen and oxygen atoms in total. The molecular weight excluding hydrogens is 379 g/mol. The quantitative estimate of drug-likeness (QED) is 0.402. The number of rotatable bonds is 8. The SMILES string of the molecule is CSc1nc(C)c(CCC(=O)NCCNC(=O)c2ccc(C)c(F)c2)c(C)n1. The molecule has 0 aliphatic rings. The van der Waals surface area contributed by atoms with Crippen LogP contribution >= 0.6 is 11.8 Å². The lowest BCUT2D eigenvalue weighted by molar-refractivity contribution is -0.121. The summed E-state index contributed by atoms with van der Waals surface area (Å²) in [4.78, 5) is 32.8. The summed E-state index contributed by atoms with van der Waals surface area (Å²) < 4.78 is 13.5. The number of nitrogens with zero attached hydrogens (tertiary/aromatic N) is 2. The molecular formula is C20H25FN4O2S. The second kappa shape index (κ2) is 10.2. The number of benzene rings is 1. The van der Waals surface area contributed by atoms with Crippen LogP contribution in [0.5, 0.6) is 0 Å². The Morgan fingerprint density at radius 1 is 1.07 bits per heavy atom. The van der Waals surface area contributed by atoms with Crippen LogP contribution in [-0.4, -0.2) is 41.1 Å². The van der Waals surface area contributed by atoms with Crippen molar-refractivity contribution >= 4 is 23.6 Å². The number of amides is 2. The maximum Gasteiger partial charge on any atom is 0.251 e. The highest BCUT2D eigenvalue weighted by Crippen LogP contribution is 2.17. The lowest BCUT2D eigenvalue weighted by Gasteiger charge is -2.11. The molecule has 0 saturated heterocycles. The summed E-state index contributed by atoms with van der Waals surface area (Å²) >= 11 is 1.49. The highest BCUT2D eigenvalue weighted by Gasteiger charge is 2.11. The molecule has 0 saturated carbocycles. The average molecular weight is 405 g/mol. The van der Waals surface area contributed by atoms with Crippen LogP contribution in [0.4, 0.5) is 4.39 Å². The minimum Gasteiger partial charge on any atom is -0.354 e. The fraction of sp³-hybridized carbons (Fsp3) is 0.400. The van der Waals surface area contributed by atoms with E-state index >= 15 is 0 Å². The standard InChI is InChI=1S/C20H25FN4O2S/c1-12-5-6-15(11-17(12)21)19(27)23-10-9-22-18(26)8-7-16-13(2)24-20(28-4)25-14(16)3/h5-6,11H,7-10H2,1-4H3,(H,22,26)(H,23,27). The molecule has 2 N–H and O–H groups in total. The van der Waals surface area contributed by atoms with E-state index in [4.69, 9.17) is 0 Å². The third kappa shape index (κ3) is 6.02. The van der Waals surface area contributed by atoms with Gasteiger partial charge in [0, 0.05) is 36.5 Å². The minimum atomic E-state index is -0.416. The Hall–Kier alpha value is -2.48. The molecule has 0 atom stereocenters. The fourth-order valence-corrected chi connectivity index (χ4v) is 3.16. The van der Waals surface area contributed by atoms with Crippen molar-refractivity contribution in [3.05, 3.63) is 52.1 Å². The fourth-order valence-electron chi connectivity index (χ4n) is 2.70. The highest BCUT2D eigenvalue weighted by atomic mass is 32.2. The first kappa shape index (κ1) is 21.8. The normalized spacial score (nSPS) is 10.6. The Kier molecular flexibility index (Phi) is 7.92. The van der Waals surface area contributed by atoms with E-state index in [1.165, 1.54) is 17.8 Å². The van der Waals surface area contributed by atoms with Gasteiger partial charge in [-0.05, 0) is 56.7 Å². The predicted molar refractivity (Wildman–Crippen MR) is 108 cm³/mol. The van der Waals surface area contributed by atoms with Crippen LogP contribution < -0.4 is 10.6 Å². The summed E-state index contributed by atoms with van der Waals surface area (Å²) in [5.41, 5.74) is 3.52. The van der Waals surface area contributed by atoms with E-state index in [0.29, 0.717) is 24.9 Å². The number of hydrogen-bond donors (Lipinski definition) is 2. The first-order valence-corrected chi connectivity index (χ1v) is 10.2. The van der Waals surface area contributed by atoms with Crippen molar-refractivity contribution in [2.24, 2.45) is 0 Å². The van der Waals surface area contributed by atoms with Crippen LogP contribution in [-0.2, 0) is 11.2 Å². The molecule has 1 aromatic carbocycles. The molecule has 1 heterocycles. The summed E-state index contributed by atoms with van der Waals surface area (Å²) in [7, 11) is 0. The van der Waals surface area contributed by atoms with Crippen molar-refractivity contribution < 1.29 is 14.0 Å². The zero-order valence-electron chi connectivity index (χ0n) is 16.6. The smallest absolute Gasteiger partial charge is 0.251 e. The number of carbonyl (C=O) groups is 2. The maximum atomic E-state index is 13.5. The van der Waals surface area contributed by atoms with Crippen LogP contribution in [0.25, 0.3) is 0 Å².